The Morgan fingerprint density at radius 1 is 1.17 bits per heavy atom. The Morgan fingerprint density at radius 3 is 2.00 bits per heavy atom. The van der Waals surface area contributed by atoms with Crippen molar-refractivity contribution < 1.29 is 22.7 Å². The first-order valence-corrected chi connectivity index (χ1v) is 9.19. The van der Waals surface area contributed by atoms with Gasteiger partial charge in [0.25, 0.3) is 0 Å². The summed E-state index contributed by atoms with van der Waals surface area (Å²) in [5.74, 6) is -2.58. The SMILES string of the molecule is CCCC(CCC)S(=O)(=O)C[C@@](N)(C(N)=O)C(=O)CCOC.Cl. The van der Waals surface area contributed by atoms with Gasteiger partial charge in [-0.25, -0.2) is 8.42 Å². The number of sulfone groups is 1. The molecule has 0 saturated heterocycles. The summed E-state index contributed by atoms with van der Waals surface area (Å²) in [6.45, 7) is 3.82. The average molecular weight is 373 g/mol. The maximum atomic E-state index is 12.5. The molecule has 9 heteroatoms. The van der Waals surface area contributed by atoms with Crippen LogP contribution < -0.4 is 11.5 Å². The van der Waals surface area contributed by atoms with Crippen molar-refractivity contribution in [3.63, 3.8) is 0 Å². The van der Waals surface area contributed by atoms with E-state index in [0.29, 0.717) is 25.7 Å². The zero-order chi connectivity index (χ0) is 17.4. The first-order chi connectivity index (χ1) is 10.2. The van der Waals surface area contributed by atoms with Crippen LogP contribution in [0, 0.1) is 0 Å². The minimum absolute atomic E-state index is 0. The molecule has 1 amide bonds. The lowest BCUT2D eigenvalue weighted by atomic mass is 9.95. The maximum Gasteiger partial charge on any atom is 0.246 e. The number of carbonyl (C=O) groups is 2. The molecule has 1 atom stereocenters. The van der Waals surface area contributed by atoms with E-state index >= 15 is 0 Å². The summed E-state index contributed by atoms with van der Waals surface area (Å²) in [4.78, 5) is 23.7. The number of halogens is 1. The lowest BCUT2D eigenvalue weighted by molar-refractivity contribution is -0.133. The number of methoxy groups -OCH3 is 1. The fraction of sp³-hybridized carbons (Fsp3) is 0.857. The number of carbonyl (C=O) groups excluding carboxylic acids is 2. The van der Waals surface area contributed by atoms with Gasteiger partial charge in [-0.3, -0.25) is 9.59 Å². The van der Waals surface area contributed by atoms with E-state index in [1.54, 1.807) is 0 Å². The fourth-order valence-electron chi connectivity index (χ4n) is 2.29. The Morgan fingerprint density at radius 2 is 1.65 bits per heavy atom. The summed E-state index contributed by atoms with van der Waals surface area (Å²) in [7, 11) is -2.31. The van der Waals surface area contributed by atoms with Crippen LogP contribution in [0.5, 0.6) is 0 Å². The van der Waals surface area contributed by atoms with Gasteiger partial charge in [-0.2, -0.15) is 0 Å². The number of hydrogen-bond acceptors (Lipinski definition) is 6. The highest BCUT2D eigenvalue weighted by Crippen LogP contribution is 2.20. The molecule has 0 unspecified atom stereocenters. The standard InChI is InChI=1S/C14H28N2O5S.ClH/c1-4-6-11(7-5-2)22(19,20)10-14(16,13(15)18)12(17)8-9-21-3;/h11H,4-10,16H2,1-3H3,(H2,15,18);1H/t14-;/m0./s1. The number of rotatable bonds is 12. The summed E-state index contributed by atoms with van der Waals surface area (Å²) >= 11 is 0. The lowest BCUT2D eigenvalue weighted by Crippen LogP contribution is -2.63. The van der Waals surface area contributed by atoms with Gasteiger partial charge in [0.1, 0.15) is 0 Å². The highest BCUT2D eigenvalue weighted by Gasteiger charge is 2.45. The number of amides is 1. The highest BCUT2D eigenvalue weighted by atomic mass is 35.5. The summed E-state index contributed by atoms with van der Waals surface area (Å²) in [5.41, 5.74) is 8.79. The molecule has 4 N–H and O–H groups in total. The number of ketones is 1. The van der Waals surface area contributed by atoms with Gasteiger partial charge >= 0.3 is 0 Å². The van der Waals surface area contributed by atoms with E-state index in [4.69, 9.17) is 16.2 Å². The van der Waals surface area contributed by atoms with Crippen LogP contribution in [-0.4, -0.2) is 50.4 Å². The second kappa shape index (κ2) is 11.0. The van der Waals surface area contributed by atoms with Crippen molar-refractivity contribution in [2.45, 2.75) is 56.7 Å². The third-order valence-corrected chi connectivity index (χ3v) is 5.97. The molecule has 0 aromatic carbocycles. The predicted molar refractivity (Wildman–Crippen MR) is 92.3 cm³/mol. The minimum Gasteiger partial charge on any atom is -0.384 e. The number of ether oxygens (including phenoxy) is 1. The van der Waals surface area contributed by atoms with Crippen LogP contribution in [-0.2, 0) is 24.2 Å². The van der Waals surface area contributed by atoms with Gasteiger partial charge in [0, 0.05) is 13.5 Å². The van der Waals surface area contributed by atoms with Gasteiger partial charge in [0.15, 0.2) is 21.2 Å². The Balaban J connectivity index is 0. The minimum atomic E-state index is -3.71. The Labute approximate surface area is 144 Å². The molecule has 0 bridgehead atoms. The predicted octanol–water partition coefficient (Wildman–Crippen LogP) is 0.580. The summed E-state index contributed by atoms with van der Waals surface area (Å²) in [6, 6.07) is 0. The summed E-state index contributed by atoms with van der Waals surface area (Å²) < 4.78 is 29.8. The van der Waals surface area contributed by atoms with E-state index in [1.165, 1.54) is 7.11 Å². The quantitative estimate of drug-likeness (QED) is 0.482. The van der Waals surface area contributed by atoms with E-state index in [-0.39, 0.29) is 25.4 Å². The average Bonchev–Trinajstić information content (AvgIpc) is 2.43. The van der Waals surface area contributed by atoms with Gasteiger partial charge in [-0.1, -0.05) is 26.7 Å². The third kappa shape index (κ3) is 7.15. The molecule has 0 heterocycles. The van der Waals surface area contributed by atoms with Crippen molar-refractivity contribution >= 4 is 33.9 Å². The number of Topliss-reactive ketones (excluding diaryl/α,β-unsaturated/α-hetero) is 1. The molecule has 138 valence electrons. The molecule has 7 nitrogen and oxygen atoms in total. The monoisotopic (exact) mass is 372 g/mol. The molecule has 0 aliphatic heterocycles. The van der Waals surface area contributed by atoms with Crippen LogP contribution in [0.4, 0.5) is 0 Å². The van der Waals surface area contributed by atoms with Gasteiger partial charge in [-0.05, 0) is 12.8 Å². The van der Waals surface area contributed by atoms with E-state index in [0.717, 1.165) is 0 Å². The van der Waals surface area contributed by atoms with E-state index in [1.807, 2.05) is 13.8 Å². The molecule has 23 heavy (non-hydrogen) atoms. The zero-order valence-corrected chi connectivity index (χ0v) is 15.7. The van der Waals surface area contributed by atoms with Crippen LogP contribution in [0.15, 0.2) is 0 Å². The van der Waals surface area contributed by atoms with Crippen molar-refractivity contribution in [2.24, 2.45) is 11.5 Å². The molecular formula is C14H29ClN2O5S. The first-order valence-electron chi connectivity index (χ1n) is 7.48. The zero-order valence-electron chi connectivity index (χ0n) is 14.0. The Kier molecular flexibility index (Phi) is 11.7. The van der Waals surface area contributed by atoms with Crippen LogP contribution in [0.3, 0.4) is 0 Å². The highest BCUT2D eigenvalue weighted by molar-refractivity contribution is 7.92. The molecule has 0 fully saturated rings. The first kappa shape index (κ1) is 24.6. The van der Waals surface area contributed by atoms with Crippen molar-refractivity contribution in [2.75, 3.05) is 19.5 Å². The molecule has 0 aliphatic rings. The van der Waals surface area contributed by atoms with Crippen LogP contribution in [0.25, 0.3) is 0 Å². The number of nitrogens with two attached hydrogens (primary N) is 2. The Hall–Kier alpha value is -0.700. The molecule has 0 radical (unpaired) electrons. The van der Waals surface area contributed by atoms with Crippen LogP contribution >= 0.6 is 12.4 Å². The van der Waals surface area contributed by atoms with Gasteiger partial charge < -0.3 is 16.2 Å². The van der Waals surface area contributed by atoms with E-state index < -0.39 is 38.1 Å². The van der Waals surface area contributed by atoms with Crippen LogP contribution in [0.1, 0.15) is 46.0 Å². The van der Waals surface area contributed by atoms with Gasteiger partial charge in [0.05, 0.1) is 17.6 Å². The number of hydrogen-bond donors (Lipinski definition) is 2. The molecule has 0 rings (SSSR count). The normalized spacial score (nSPS) is 14.1. The van der Waals surface area contributed by atoms with E-state index in [9.17, 15) is 18.0 Å². The van der Waals surface area contributed by atoms with Crippen molar-refractivity contribution in [3.8, 4) is 0 Å². The summed E-state index contributed by atoms with van der Waals surface area (Å²) in [5, 5.41) is -0.611. The topological polar surface area (TPSA) is 130 Å². The van der Waals surface area contributed by atoms with Gasteiger partial charge in [-0.15, -0.1) is 12.4 Å². The summed E-state index contributed by atoms with van der Waals surface area (Å²) in [6.07, 6.45) is 2.16. The lowest BCUT2D eigenvalue weighted by Gasteiger charge is -2.27. The molecule has 0 spiro atoms. The molecule has 0 aromatic rings. The molecular weight excluding hydrogens is 344 g/mol. The van der Waals surface area contributed by atoms with Crippen molar-refractivity contribution in [1.29, 1.82) is 0 Å². The molecule has 0 aliphatic carbocycles. The van der Waals surface area contributed by atoms with Crippen LogP contribution in [0.2, 0.25) is 0 Å². The third-order valence-electron chi connectivity index (χ3n) is 3.63. The fourth-order valence-corrected chi connectivity index (χ4v) is 4.65. The second-order valence-electron chi connectivity index (χ2n) is 5.51. The second-order valence-corrected chi connectivity index (χ2v) is 7.79. The van der Waals surface area contributed by atoms with E-state index in [2.05, 4.69) is 0 Å². The Bertz CT molecular complexity index is 478. The smallest absolute Gasteiger partial charge is 0.246 e. The van der Waals surface area contributed by atoms with Crippen molar-refractivity contribution in [1.82, 2.24) is 0 Å². The molecule has 0 saturated carbocycles. The maximum absolute atomic E-state index is 12.5. The van der Waals surface area contributed by atoms with Crippen molar-refractivity contribution in [3.05, 3.63) is 0 Å². The van der Waals surface area contributed by atoms with Gasteiger partial charge in [0.2, 0.25) is 5.91 Å². The largest absolute Gasteiger partial charge is 0.384 e. The number of primary amides is 1. The molecule has 0 aromatic heterocycles.